The third-order valence-corrected chi connectivity index (χ3v) is 5.39. The first-order chi connectivity index (χ1) is 15.9. The van der Waals surface area contributed by atoms with E-state index in [0.29, 0.717) is 43.2 Å². The van der Waals surface area contributed by atoms with Gasteiger partial charge in [-0.1, -0.05) is 0 Å². The average Bonchev–Trinajstić information content (AvgIpc) is 3.35. The molecule has 0 bridgehead atoms. The van der Waals surface area contributed by atoms with Crippen LogP contribution in [0.15, 0.2) is 65.1 Å². The second-order valence-corrected chi connectivity index (χ2v) is 7.40. The van der Waals surface area contributed by atoms with E-state index in [2.05, 4.69) is 10.2 Å². The first kappa shape index (κ1) is 21.9. The molecule has 0 spiro atoms. The van der Waals surface area contributed by atoms with Crippen LogP contribution in [-0.4, -0.2) is 54.9 Å². The number of piperazine rings is 1. The predicted molar refractivity (Wildman–Crippen MR) is 121 cm³/mol. The average molecular weight is 450 g/mol. The Kier molecular flexibility index (Phi) is 6.25. The van der Waals surface area contributed by atoms with Crippen molar-refractivity contribution in [3.63, 3.8) is 0 Å². The summed E-state index contributed by atoms with van der Waals surface area (Å²) in [5.41, 5.74) is 2.14. The summed E-state index contributed by atoms with van der Waals surface area (Å²) in [6.07, 6.45) is 0. The van der Waals surface area contributed by atoms with Crippen LogP contribution in [0, 0.1) is 10.1 Å². The summed E-state index contributed by atoms with van der Waals surface area (Å²) in [4.78, 5) is 38.9. The summed E-state index contributed by atoms with van der Waals surface area (Å²) in [7, 11) is 1.59. The number of nitrogens with one attached hydrogen (secondary N) is 1. The van der Waals surface area contributed by atoms with Gasteiger partial charge in [0, 0.05) is 43.1 Å². The molecule has 0 atom stereocenters. The molecule has 1 aliphatic rings. The smallest absolute Gasteiger partial charge is 0.433 e. The van der Waals surface area contributed by atoms with Crippen LogP contribution in [0.4, 0.5) is 17.3 Å². The Hall–Kier alpha value is -4.34. The lowest BCUT2D eigenvalue weighted by Crippen LogP contribution is -2.48. The maximum Gasteiger partial charge on any atom is 0.433 e. The molecule has 2 heterocycles. The molecule has 0 saturated carbocycles. The molecule has 1 aromatic heterocycles. The zero-order valence-electron chi connectivity index (χ0n) is 17.9. The van der Waals surface area contributed by atoms with E-state index in [1.165, 1.54) is 6.07 Å². The molecule has 33 heavy (non-hydrogen) atoms. The van der Waals surface area contributed by atoms with Gasteiger partial charge in [-0.3, -0.25) is 19.7 Å². The molecule has 10 nitrogen and oxygen atoms in total. The molecule has 0 radical (unpaired) electrons. The number of hydrogen-bond donors (Lipinski definition) is 1. The van der Waals surface area contributed by atoms with Gasteiger partial charge in [-0.2, -0.15) is 0 Å². The Labute approximate surface area is 189 Å². The molecular formula is C23H22N4O6. The second kappa shape index (κ2) is 9.43. The van der Waals surface area contributed by atoms with Crippen molar-refractivity contribution in [1.29, 1.82) is 0 Å². The van der Waals surface area contributed by atoms with Crippen molar-refractivity contribution in [3.8, 4) is 5.75 Å². The fraction of sp³-hybridized carbons (Fsp3) is 0.217. The maximum atomic E-state index is 12.7. The van der Waals surface area contributed by atoms with Gasteiger partial charge >= 0.3 is 5.88 Å². The number of anilines is 2. The highest BCUT2D eigenvalue weighted by atomic mass is 16.6. The van der Waals surface area contributed by atoms with Gasteiger partial charge in [-0.25, -0.2) is 0 Å². The van der Waals surface area contributed by atoms with Crippen molar-refractivity contribution in [1.82, 2.24) is 4.90 Å². The summed E-state index contributed by atoms with van der Waals surface area (Å²) >= 11 is 0. The Bertz CT molecular complexity index is 1150. The van der Waals surface area contributed by atoms with Gasteiger partial charge in [0.25, 0.3) is 11.8 Å². The summed E-state index contributed by atoms with van der Waals surface area (Å²) < 4.78 is 10.0. The summed E-state index contributed by atoms with van der Waals surface area (Å²) in [5.74, 6) is -0.486. The fourth-order valence-electron chi connectivity index (χ4n) is 3.58. The SMILES string of the molecule is COc1ccc(C(=O)N2CCN(c3ccc(NC(=O)c4ccc([N+](=O)[O-])o4)cc3)CC2)cc1. The first-order valence-electron chi connectivity index (χ1n) is 10.3. The third kappa shape index (κ3) is 4.95. The number of ether oxygens (including phenoxy) is 1. The number of amides is 2. The summed E-state index contributed by atoms with van der Waals surface area (Å²) in [6.45, 7) is 2.56. The monoisotopic (exact) mass is 450 g/mol. The lowest BCUT2D eigenvalue weighted by atomic mass is 10.1. The Balaban J connectivity index is 1.31. The van der Waals surface area contributed by atoms with Gasteiger partial charge in [0.2, 0.25) is 0 Å². The molecule has 0 unspecified atom stereocenters. The van der Waals surface area contributed by atoms with Crippen molar-refractivity contribution < 1.29 is 23.7 Å². The molecular weight excluding hydrogens is 428 g/mol. The van der Waals surface area contributed by atoms with E-state index in [1.807, 2.05) is 17.0 Å². The van der Waals surface area contributed by atoms with E-state index >= 15 is 0 Å². The number of methoxy groups -OCH3 is 1. The van der Waals surface area contributed by atoms with Crippen LogP contribution in [0.25, 0.3) is 0 Å². The molecule has 1 aliphatic heterocycles. The molecule has 1 saturated heterocycles. The van der Waals surface area contributed by atoms with Crippen LogP contribution < -0.4 is 15.0 Å². The zero-order valence-corrected chi connectivity index (χ0v) is 17.9. The molecule has 2 aromatic carbocycles. The van der Waals surface area contributed by atoms with Crippen LogP contribution in [0.3, 0.4) is 0 Å². The summed E-state index contributed by atoms with van der Waals surface area (Å²) in [6, 6.07) is 16.7. The van der Waals surface area contributed by atoms with E-state index in [0.717, 1.165) is 11.8 Å². The van der Waals surface area contributed by atoms with Gasteiger partial charge in [0.05, 0.1) is 13.2 Å². The number of benzene rings is 2. The van der Waals surface area contributed by atoms with Crippen molar-refractivity contribution in [2.75, 3.05) is 43.5 Å². The highest BCUT2D eigenvalue weighted by molar-refractivity contribution is 6.02. The maximum absolute atomic E-state index is 12.7. The van der Waals surface area contributed by atoms with Gasteiger partial charge in [-0.15, -0.1) is 0 Å². The molecule has 10 heteroatoms. The standard InChI is InChI=1S/C23H22N4O6/c1-32-19-8-2-16(3-9-19)23(29)26-14-12-25(13-15-26)18-6-4-17(5-7-18)24-22(28)20-10-11-21(33-20)27(30)31/h2-11H,12-15H2,1H3,(H,24,28). The second-order valence-electron chi connectivity index (χ2n) is 7.40. The molecule has 2 amide bonds. The van der Waals surface area contributed by atoms with E-state index < -0.39 is 16.7 Å². The van der Waals surface area contributed by atoms with Crippen LogP contribution in [0.5, 0.6) is 5.75 Å². The minimum atomic E-state index is -0.699. The molecule has 3 aromatic rings. The Morgan fingerprint density at radius 2 is 1.64 bits per heavy atom. The highest BCUT2D eigenvalue weighted by Gasteiger charge is 2.23. The lowest BCUT2D eigenvalue weighted by Gasteiger charge is -2.36. The largest absolute Gasteiger partial charge is 0.497 e. The van der Waals surface area contributed by atoms with Gasteiger partial charge in [0.15, 0.2) is 5.76 Å². The van der Waals surface area contributed by atoms with E-state index in [9.17, 15) is 19.7 Å². The van der Waals surface area contributed by atoms with Crippen molar-refractivity contribution in [3.05, 3.63) is 82.1 Å². The topological polar surface area (TPSA) is 118 Å². The number of carbonyl (C=O) groups is 2. The van der Waals surface area contributed by atoms with Gasteiger partial charge in [0.1, 0.15) is 10.7 Å². The zero-order chi connectivity index (χ0) is 23.4. The van der Waals surface area contributed by atoms with Crippen LogP contribution in [-0.2, 0) is 0 Å². The first-order valence-corrected chi connectivity index (χ1v) is 10.3. The molecule has 0 aliphatic carbocycles. The highest BCUT2D eigenvalue weighted by Crippen LogP contribution is 2.22. The van der Waals surface area contributed by atoms with E-state index in [4.69, 9.17) is 9.15 Å². The van der Waals surface area contributed by atoms with Crippen molar-refractivity contribution in [2.45, 2.75) is 0 Å². The lowest BCUT2D eigenvalue weighted by molar-refractivity contribution is -0.402. The van der Waals surface area contributed by atoms with Crippen LogP contribution in [0.2, 0.25) is 0 Å². The van der Waals surface area contributed by atoms with Crippen LogP contribution in [0.1, 0.15) is 20.9 Å². The number of nitrogens with zero attached hydrogens (tertiary/aromatic N) is 3. The Morgan fingerprint density at radius 1 is 0.970 bits per heavy atom. The van der Waals surface area contributed by atoms with E-state index in [-0.39, 0.29) is 11.7 Å². The van der Waals surface area contributed by atoms with Crippen LogP contribution >= 0.6 is 0 Å². The number of hydrogen-bond acceptors (Lipinski definition) is 7. The van der Waals surface area contributed by atoms with Crippen molar-refractivity contribution >= 4 is 29.1 Å². The summed E-state index contributed by atoms with van der Waals surface area (Å²) in [5, 5.41) is 13.3. The quantitative estimate of drug-likeness (QED) is 0.452. The molecule has 1 fully saturated rings. The minimum Gasteiger partial charge on any atom is -0.497 e. The molecule has 1 N–H and O–H groups in total. The van der Waals surface area contributed by atoms with Gasteiger partial charge < -0.3 is 24.3 Å². The number of nitro groups is 1. The van der Waals surface area contributed by atoms with Gasteiger partial charge in [-0.05, 0) is 54.6 Å². The number of rotatable bonds is 6. The Morgan fingerprint density at radius 3 is 2.21 bits per heavy atom. The van der Waals surface area contributed by atoms with E-state index in [1.54, 1.807) is 43.5 Å². The normalized spacial score (nSPS) is 13.5. The minimum absolute atomic E-state index is 0.00599. The van der Waals surface area contributed by atoms with Crippen molar-refractivity contribution in [2.24, 2.45) is 0 Å². The fourth-order valence-corrected chi connectivity index (χ4v) is 3.58. The number of furan rings is 1. The molecule has 4 rings (SSSR count). The predicted octanol–water partition coefficient (Wildman–Crippen LogP) is 3.41. The molecule has 170 valence electrons. The number of carbonyl (C=O) groups excluding carboxylic acids is 2. The third-order valence-electron chi connectivity index (χ3n) is 5.39.